The summed E-state index contributed by atoms with van der Waals surface area (Å²) in [6.07, 6.45) is 1.70. The maximum Gasteiger partial charge on any atom is 0.290 e. The van der Waals surface area contributed by atoms with Crippen molar-refractivity contribution in [3.05, 3.63) is 35.6 Å². The standard InChI is InChI=1S/C18H21NO4/c1-11-12-5-3-4-6-14(12)23-16(11)18(20)19-9-7-15(21-2)17-13(19)8-10-22-17/h3-6,13,15,17H,7-10H2,1-2H3/t13-,15+,17-/m0/s1. The number of aryl methyl sites for hydroxylation is 1. The molecule has 2 aliphatic heterocycles. The summed E-state index contributed by atoms with van der Waals surface area (Å²) in [6, 6.07) is 7.85. The van der Waals surface area contributed by atoms with E-state index in [9.17, 15) is 4.79 Å². The molecule has 2 aliphatic rings. The van der Waals surface area contributed by atoms with Gasteiger partial charge in [0.15, 0.2) is 5.76 Å². The second kappa shape index (κ2) is 5.65. The van der Waals surface area contributed by atoms with Crippen LogP contribution in [-0.4, -0.2) is 49.3 Å². The number of benzene rings is 1. The second-order valence-electron chi connectivity index (χ2n) is 6.31. The molecule has 0 spiro atoms. The Labute approximate surface area is 135 Å². The number of para-hydroxylation sites is 1. The van der Waals surface area contributed by atoms with Crippen LogP contribution in [0.25, 0.3) is 11.0 Å². The maximum atomic E-state index is 13.1. The predicted octanol–water partition coefficient (Wildman–Crippen LogP) is 2.76. The molecule has 122 valence electrons. The fourth-order valence-electron chi connectivity index (χ4n) is 3.90. The highest BCUT2D eigenvalue weighted by Crippen LogP contribution is 2.33. The average Bonchev–Trinajstić information content (AvgIpc) is 3.19. The Balaban J connectivity index is 1.67. The molecule has 0 N–H and O–H groups in total. The molecule has 2 saturated heterocycles. The predicted molar refractivity (Wildman–Crippen MR) is 85.5 cm³/mol. The van der Waals surface area contributed by atoms with Crippen LogP contribution in [-0.2, 0) is 9.47 Å². The number of hydrogen-bond acceptors (Lipinski definition) is 4. The van der Waals surface area contributed by atoms with Gasteiger partial charge in [-0.25, -0.2) is 0 Å². The van der Waals surface area contributed by atoms with Crippen LogP contribution in [0, 0.1) is 6.92 Å². The van der Waals surface area contributed by atoms with Crippen LogP contribution in [0.5, 0.6) is 0 Å². The van der Waals surface area contributed by atoms with Crippen molar-refractivity contribution in [2.45, 2.75) is 38.0 Å². The van der Waals surface area contributed by atoms with Gasteiger partial charge in [0.2, 0.25) is 0 Å². The third-order valence-electron chi connectivity index (χ3n) is 5.13. The fourth-order valence-corrected chi connectivity index (χ4v) is 3.90. The first-order valence-electron chi connectivity index (χ1n) is 8.14. The van der Waals surface area contributed by atoms with Gasteiger partial charge in [-0.3, -0.25) is 4.79 Å². The minimum Gasteiger partial charge on any atom is -0.451 e. The minimum absolute atomic E-state index is 0.0256. The SMILES string of the molecule is CO[C@@H]1CCN(C(=O)c2oc3ccccc3c2C)[C@H]2CCO[C@H]12. The van der Waals surface area contributed by atoms with Gasteiger partial charge in [-0.2, -0.15) is 0 Å². The molecule has 1 aromatic heterocycles. The van der Waals surface area contributed by atoms with E-state index in [4.69, 9.17) is 13.9 Å². The molecule has 0 saturated carbocycles. The van der Waals surface area contributed by atoms with Gasteiger partial charge in [0.1, 0.15) is 11.7 Å². The van der Waals surface area contributed by atoms with Crippen LogP contribution in [0.4, 0.5) is 0 Å². The molecule has 2 fully saturated rings. The van der Waals surface area contributed by atoms with Crippen LogP contribution < -0.4 is 0 Å². The lowest BCUT2D eigenvalue weighted by atomic mass is 9.95. The van der Waals surface area contributed by atoms with E-state index < -0.39 is 0 Å². The van der Waals surface area contributed by atoms with E-state index in [-0.39, 0.29) is 24.2 Å². The van der Waals surface area contributed by atoms with Gasteiger partial charge in [-0.05, 0) is 25.8 Å². The van der Waals surface area contributed by atoms with Crippen molar-refractivity contribution in [3.63, 3.8) is 0 Å². The molecule has 0 unspecified atom stereocenters. The minimum atomic E-state index is -0.0336. The van der Waals surface area contributed by atoms with Crippen molar-refractivity contribution in [2.24, 2.45) is 0 Å². The number of methoxy groups -OCH3 is 1. The lowest BCUT2D eigenvalue weighted by Crippen LogP contribution is -2.55. The Bertz CT molecular complexity index is 738. The molecule has 0 aliphatic carbocycles. The van der Waals surface area contributed by atoms with Gasteiger partial charge >= 0.3 is 0 Å². The molecule has 1 aromatic carbocycles. The molecular weight excluding hydrogens is 294 g/mol. The highest BCUT2D eigenvalue weighted by Gasteiger charge is 2.45. The zero-order valence-electron chi connectivity index (χ0n) is 13.5. The molecule has 1 amide bonds. The summed E-state index contributed by atoms with van der Waals surface area (Å²) in [7, 11) is 1.71. The van der Waals surface area contributed by atoms with Crippen molar-refractivity contribution in [2.75, 3.05) is 20.3 Å². The van der Waals surface area contributed by atoms with E-state index in [1.807, 2.05) is 36.1 Å². The molecule has 0 radical (unpaired) electrons. The van der Waals surface area contributed by atoms with Crippen molar-refractivity contribution < 1.29 is 18.7 Å². The molecule has 5 nitrogen and oxygen atoms in total. The molecule has 3 atom stereocenters. The molecule has 4 rings (SSSR count). The molecule has 3 heterocycles. The monoisotopic (exact) mass is 315 g/mol. The van der Waals surface area contributed by atoms with Crippen LogP contribution in [0.1, 0.15) is 29.0 Å². The summed E-state index contributed by atoms with van der Waals surface area (Å²) in [5, 5.41) is 1.00. The number of nitrogens with zero attached hydrogens (tertiary/aromatic N) is 1. The normalized spacial score (nSPS) is 27.4. The summed E-state index contributed by atoms with van der Waals surface area (Å²) >= 11 is 0. The second-order valence-corrected chi connectivity index (χ2v) is 6.31. The third-order valence-corrected chi connectivity index (χ3v) is 5.13. The van der Waals surface area contributed by atoms with Crippen molar-refractivity contribution in [1.82, 2.24) is 4.90 Å². The first-order valence-corrected chi connectivity index (χ1v) is 8.14. The Hall–Kier alpha value is -1.85. The zero-order valence-corrected chi connectivity index (χ0v) is 13.5. The first kappa shape index (κ1) is 14.7. The van der Waals surface area contributed by atoms with E-state index in [1.54, 1.807) is 7.11 Å². The lowest BCUT2D eigenvalue weighted by molar-refractivity contribution is -0.0757. The third kappa shape index (κ3) is 2.26. The van der Waals surface area contributed by atoms with Crippen molar-refractivity contribution >= 4 is 16.9 Å². The van der Waals surface area contributed by atoms with Crippen LogP contribution >= 0.6 is 0 Å². The van der Waals surface area contributed by atoms with E-state index in [0.29, 0.717) is 18.9 Å². The number of amides is 1. The number of rotatable bonds is 2. The number of hydrogen-bond donors (Lipinski definition) is 0. The number of likely N-dealkylation sites (tertiary alicyclic amines) is 1. The van der Waals surface area contributed by atoms with Gasteiger partial charge in [0.05, 0.1) is 12.1 Å². The number of carbonyl (C=O) groups excluding carboxylic acids is 1. The van der Waals surface area contributed by atoms with E-state index in [1.165, 1.54) is 0 Å². The van der Waals surface area contributed by atoms with E-state index >= 15 is 0 Å². The number of piperidine rings is 1. The summed E-state index contributed by atoms with van der Waals surface area (Å²) in [6.45, 7) is 3.31. The van der Waals surface area contributed by atoms with E-state index in [0.717, 1.165) is 29.4 Å². The van der Waals surface area contributed by atoms with Crippen molar-refractivity contribution in [3.8, 4) is 0 Å². The smallest absolute Gasteiger partial charge is 0.290 e. The lowest BCUT2D eigenvalue weighted by Gasteiger charge is -2.40. The maximum absolute atomic E-state index is 13.1. The Morgan fingerprint density at radius 3 is 2.91 bits per heavy atom. The summed E-state index contributed by atoms with van der Waals surface area (Å²) in [5.41, 5.74) is 1.68. The molecule has 5 heteroatoms. The largest absolute Gasteiger partial charge is 0.451 e. The van der Waals surface area contributed by atoms with Crippen molar-refractivity contribution in [1.29, 1.82) is 0 Å². The Kier molecular flexibility index (Phi) is 3.62. The fraction of sp³-hybridized carbons (Fsp3) is 0.500. The van der Waals surface area contributed by atoms with E-state index in [2.05, 4.69) is 0 Å². The van der Waals surface area contributed by atoms with Gasteiger partial charge in [0, 0.05) is 31.2 Å². The highest BCUT2D eigenvalue weighted by atomic mass is 16.5. The number of fused-ring (bicyclic) bond motifs is 2. The van der Waals surface area contributed by atoms with Gasteiger partial charge < -0.3 is 18.8 Å². The van der Waals surface area contributed by atoms with Crippen LogP contribution in [0.2, 0.25) is 0 Å². The highest BCUT2D eigenvalue weighted by molar-refractivity contribution is 5.99. The number of furan rings is 1. The molecule has 0 bridgehead atoms. The van der Waals surface area contributed by atoms with Gasteiger partial charge in [-0.1, -0.05) is 18.2 Å². The first-order chi connectivity index (χ1) is 11.2. The Morgan fingerprint density at radius 2 is 2.13 bits per heavy atom. The zero-order chi connectivity index (χ0) is 16.0. The summed E-state index contributed by atoms with van der Waals surface area (Å²) in [5.74, 6) is 0.418. The van der Waals surface area contributed by atoms with Crippen LogP contribution in [0.15, 0.2) is 28.7 Å². The Morgan fingerprint density at radius 1 is 1.30 bits per heavy atom. The van der Waals surface area contributed by atoms with Crippen LogP contribution in [0.3, 0.4) is 0 Å². The topological polar surface area (TPSA) is 51.9 Å². The quantitative estimate of drug-likeness (QED) is 0.855. The van der Waals surface area contributed by atoms with Gasteiger partial charge in [0.25, 0.3) is 5.91 Å². The summed E-state index contributed by atoms with van der Waals surface area (Å²) < 4.78 is 17.2. The summed E-state index contributed by atoms with van der Waals surface area (Å²) in [4.78, 5) is 15.0. The number of carbonyl (C=O) groups is 1. The van der Waals surface area contributed by atoms with Gasteiger partial charge in [-0.15, -0.1) is 0 Å². The molecular formula is C18H21NO4. The average molecular weight is 315 g/mol. The molecule has 23 heavy (non-hydrogen) atoms. The number of ether oxygens (including phenoxy) is 2. The molecule has 2 aromatic rings.